The number of carbonyl (C=O) groups is 1. The second kappa shape index (κ2) is 9.99. The normalized spacial score (nSPS) is 18.2. The lowest BCUT2D eigenvalue weighted by Crippen LogP contribution is -2.55. The zero-order valence-electron chi connectivity index (χ0n) is 20.1. The molecular weight excluding hydrogens is 484 g/mol. The fraction of sp³-hybridized carbons (Fsp3) is 0.440. The Labute approximate surface area is 214 Å². The molecule has 0 unspecified atom stereocenters. The number of fused-ring (bicyclic) bond motifs is 1. The van der Waals surface area contributed by atoms with E-state index >= 15 is 0 Å². The summed E-state index contributed by atoms with van der Waals surface area (Å²) in [5.41, 5.74) is 3.32. The van der Waals surface area contributed by atoms with Crippen molar-refractivity contribution in [1.82, 2.24) is 15.0 Å². The van der Waals surface area contributed by atoms with Crippen molar-refractivity contribution in [1.29, 1.82) is 0 Å². The lowest BCUT2D eigenvalue weighted by atomic mass is 10.0. The van der Waals surface area contributed by atoms with Crippen LogP contribution in [-0.4, -0.2) is 47.1 Å². The van der Waals surface area contributed by atoms with E-state index in [0.717, 1.165) is 52.7 Å². The highest BCUT2D eigenvalue weighted by molar-refractivity contribution is 7.13. The Hall–Kier alpha value is -2.91. The third-order valence-electron chi connectivity index (χ3n) is 6.80. The molecular formula is C25H29ClN6O2S. The number of carbonyl (C=O) groups excluding carboxylic acids is 1. The number of methoxy groups -OCH3 is 1. The lowest BCUT2D eigenvalue weighted by Gasteiger charge is -2.43. The van der Waals surface area contributed by atoms with Gasteiger partial charge in [-0.05, 0) is 37.5 Å². The van der Waals surface area contributed by atoms with Crippen LogP contribution >= 0.6 is 22.9 Å². The number of alkyl halides is 1. The van der Waals surface area contributed by atoms with E-state index in [0.29, 0.717) is 23.6 Å². The summed E-state index contributed by atoms with van der Waals surface area (Å²) in [7, 11) is 3.45. The van der Waals surface area contributed by atoms with Gasteiger partial charge in [-0.15, -0.1) is 22.9 Å². The topological polar surface area (TPSA) is 83.5 Å². The largest absolute Gasteiger partial charge is 0.495 e. The van der Waals surface area contributed by atoms with Gasteiger partial charge in [0.1, 0.15) is 22.5 Å². The van der Waals surface area contributed by atoms with Crippen LogP contribution in [0.25, 0.3) is 10.6 Å². The maximum atomic E-state index is 13.1. The predicted octanol–water partition coefficient (Wildman–Crippen LogP) is 5.60. The second-order valence-electron chi connectivity index (χ2n) is 8.89. The Morgan fingerprint density at radius 3 is 2.74 bits per heavy atom. The summed E-state index contributed by atoms with van der Waals surface area (Å²) < 4.78 is 5.66. The summed E-state index contributed by atoms with van der Waals surface area (Å²) in [4.78, 5) is 31.0. The molecule has 1 atom stereocenters. The van der Waals surface area contributed by atoms with Gasteiger partial charge >= 0.3 is 0 Å². The van der Waals surface area contributed by atoms with Crippen molar-refractivity contribution in [2.45, 2.75) is 57.0 Å². The van der Waals surface area contributed by atoms with Gasteiger partial charge in [0.15, 0.2) is 5.82 Å². The summed E-state index contributed by atoms with van der Waals surface area (Å²) >= 11 is 7.46. The number of hydrogen-bond acceptors (Lipinski definition) is 8. The number of ether oxygens (including phenoxy) is 1. The fourth-order valence-electron chi connectivity index (χ4n) is 4.99. The van der Waals surface area contributed by atoms with E-state index in [1.165, 1.54) is 12.8 Å². The van der Waals surface area contributed by atoms with Crippen LogP contribution in [0.2, 0.25) is 0 Å². The molecule has 0 spiro atoms. The highest BCUT2D eigenvalue weighted by Gasteiger charge is 2.41. The number of amides is 1. The number of hydrogen-bond donors (Lipinski definition) is 1. The van der Waals surface area contributed by atoms with Gasteiger partial charge in [-0.3, -0.25) is 4.79 Å². The summed E-state index contributed by atoms with van der Waals surface area (Å²) in [6, 6.07) is 6.00. The second-order valence-corrected chi connectivity index (χ2v) is 10.0. The van der Waals surface area contributed by atoms with E-state index in [2.05, 4.69) is 27.1 Å². The first-order valence-electron chi connectivity index (χ1n) is 11.9. The fourth-order valence-corrected chi connectivity index (χ4v) is 6.04. The Morgan fingerprint density at radius 2 is 2.06 bits per heavy atom. The summed E-state index contributed by atoms with van der Waals surface area (Å²) in [5.74, 6) is 2.44. The molecule has 35 heavy (non-hydrogen) atoms. The van der Waals surface area contributed by atoms with Gasteiger partial charge in [-0.25, -0.2) is 9.97 Å². The lowest BCUT2D eigenvalue weighted by molar-refractivity contribution is -0.120. The average molecular weight is 513 g/mol. The molecule has 3 aromatic rings. The molecule has 1 aliphatic carbocycles. The van der Waals surface area contributed by atoms with E-state index in [4.69, 9.17) is 21.3 Å². The van der Waals surface area contributed by atoms with Crippen molar-refractivity contribution in [2.24, 2.45) is 0 Å². The highest BCUT2D eigenvalue weighted by Crippen LogP contribution is 2.40. The maximum absolute atomic E-state index is 13.1. The SMILES string of the molecule is CC[C@@H]1C(=O)N(C)c2cnc(Nc3ccc(-c4nc(CCl)cs4)cc3OC)nc2N1C1CCCC1. The number of aromatic nitrogens is 3. The molecule has 0 bridgehead atoms. The third kappa shape index (κ3) is 4.43. The van der Waals surface area contributed by atoms with E-state index in [1.807, 2.05) is 30.6 Å². The summed E-state index contributed by atoms with van der Waals surface area (Å²) in [6.07, 6.45) is 7.00. The number of likely N-dealkylation sites (N-methyl/N-ethyl adjacent to an activating group) is 1. The molecule has 1 saturated carbocycles. The Bertz CT molecular complexity index is 1230. The van der Waals surface area contributed by atoms with Crippen LogP contribution < -0.4 is 19.9 Å². The molecule has 5 rings (SSSR count). The van der Waals surface area contributed by atoms with Crippen molar-refractivity contribution in [3.63, 3.8) is 0 Å². The quantitative estimate of drug-likeness (QED) is 0.413. The molecule has 10 heteroatoms. The van der Waals surface area contributed by atoms with Gasteiger partial charge in [-0.1, -0.05) is 19.8 Å². The molecule has 3 heterocycles. The molecule has 1 amide bonds. The molecule has 0 saturated heterocycles. The first kappa shape index (κ1) is 23.8. The monoisotopic (exact) mass is 512 g/mol. The minimum Gasteiger partial charge on any atom is -0.495 e. The molecule has 1 aliphatic heterocycles. The van der Waals surface area contributed by atoms with E-state index in [-0.39, 0.29) is 11.9 Å². The van der Waals surface area contributed by atoms with E-state index in [1.54, 1.807) is 29.5 Å². The van der Waals surface area contributed by atoms with Crippen molar-refractivity contribution in [3.05, 3.63) is 35.5 Å². The van der Waals surface area contributed by atoms with Gasteiger partial charge in [0.2, 0.25) is 11.9 Å². The Kier molecular flexibility index (Phi) is 6.80. The number of nitrogens with zero attached hydrogens (tertiary/aromatic N) is 5. The zero-order chi connectivity index (χ0) is 24.5. The number of rotatable bonds is 7. The summed E-state index contributed by atoms with van der Waals surface area (Å²) in [5, 5.41) is 6.17. The predicted molar refractivity (Wildman–Crippen MR) is 141 cm³/mol. The van der Waals surface area contributed by atoms with Gasteiger partial charge in [0.05, 0.1) is 30.6 Å². The van der Waals surface area contributed by atoms with Gasteiger partial charge in [0.25, 0.3) is 0 Å². The van der Waals surface area contributed by atoms with Crippen LogP contribution in [0.15, 0.2) is 29.8 Å². The highest BCUT2D eigenvalue weighted by atomic mass is 35.5. The van der Waals surface area contributed by atoms with Crippen LogP contribution in [-0.2, 0) is 10.7 Å². The minimum atomic E-state index is -0.205. The van der Waals surface area contributed by atoms with Crippen LogP contribution in [0.4, 0.5) is 23.1 Å². The van der Waals surface area contributed by atoms with Gasteiger partial charge in [-0.2, -0.15) is 4.98 Å². The van der Waals surface area contributed by atoms with Crippen LogP contribution in [0.5, 0.6) is 5.75 Å². The molecule has 0 radical (unpaired) electrons. The molecule has 2 aromatic heterocycles. The van der Waals surface area contributed by atoms with Gasteiger partial charge in [0, 0.05) is 24.0 Å². The van der Waals surface area contributed by atoms with Gasteiger partial charge < -0.3 is 19.9 Å². The van der Waals surface area contributed by atoms with Crippen LogP contribution in [0, 0.1) is 0 Å². The van der Waals surface area contributed by atoms with E-state index < -0.39 is 0 Å². The molecule has 8 nitrogen and oxygen atoms in total. The van der Waals surface area contributed by atoms with Crippen molar-refractivity contribution in [3.8, 4) is 16.3 Å². The van der Waals surface area contributed by atoms with Crippen molar-refractivity contribution >= 4 is 52.0 Å². The average Bonchev–Trinajstić information content (AvgIpc) is 3.59. The number of benzene rings is 1. The standard InChI is InChI=1S/C25H29ClN6O2S/c1-4-19-24(33)31(2)20-13-27-25(30-22(20)32(19)17-7-5-6-8-17)29-18-10-9-15(11-21(18)34-3)23-28-16(12-26)14-35-23/h9-11,13-14,17,19H,4-8,12H2,1-3H3,(H,27,29,30)/t19-/m1/s1. The number of anilines is 4. The summed E-state index contributed by atoms with van der Waals surface area (Å²) in [6.45, 7) is 2.06. The Balaban J connectivity index is 1.48. The molecule has 1 fully saturated rings. The molecule has 1 aromatic carbocycles. The van der Waals surface area contributed by atoms with Crippen molar-refractivity contribution in [2.75, 3.05) is 29.3 Å². The smallest absolute Gasteiger partial charge is 0.249 e. The third-order valence-corrected chi connectivity index (χ3v) is 8.01. The van der Waals surface area contributed by atoms with E-state index in [9.17, 15) is 4.79 Å². The Morgan fingerprint density at radius 1 is 1.26 bits per heavy atom. The maximum Gasteiger partial charge on any atom is 0.249 e. The molecule has 184 valence electrons. The number of nitrogens with one attached hydrogen (secondary N) is 1. The first-order chi connectivity index (χ1) is 17.0. The number of thiazole rings is 1. The van der Waals surface area contributed by atoms with Crippen LogP contribution in [0.1, 0.15) is 44.7 Å². The molecule has 1 N–H and O–H groups in total. The van der Waals surface area contributed by atoms with Crippen molar-refractivity contribution < 1.29 is 9.53 Å². The zero-order valence-corrected chi connectivity index (χ0v) is 21.7. The number of halogens is 1. The van der Waals surface area contributed by atoms with Crippen LogP contribution in [0.3, 0.4) is 0 Å². The first-order valence-corrected chi connectivity index (χ1v) is 13.3. The molecule has 2 aliphatic rings. The minimum absolute atomic E-state index is 0.105.